The molecule has 0 bridgehead atoms. The molecule has 3 aromatic carbocycles. The molecule has 0 radical (unpaired) electrons. The molecule has 1 nitrogen and oxygen atoms in total. The van der Waals surface area contributed by atoms with Gasteiger partial charge >= 0.3 is 0 Å². The van der Waals surface area contributed by atoms with Crippen LogP contribution >= 0.6 is 0 Å². The second-order valence-corrected chi connectivity index (χ2v) is 5.29. The summed E-state index contributed by atoms with van der Waals surface area (Å²) in [6, 6.07) is 25.5. The third kappa shape index (κ3) is 3.80. The molecule has 0 fully saturated rings. The molecule has 0 aliphatic heterocycles. The van der Waals surface area contributed by atoms with Crippen molar-refractivity contribution in [3.63, 3.8) is 0 Å². The van der Waals surface area contributed by atoms with Crippen molar-refractivity contribution in [2.45, 2.75) is 13.1 Å². The van der Waals surface area contributed by atoms with Crippen LogP contribution in [-0.4, -0.2) is 0 Å². The lowest BCUT2D eigenvalue weighted by molar-refractivity contribution is 0.625. The third-order valence-corrected chi connectivity index (χ3v) is 3.63. The fraction of sp³-hybridized carbons (Fsp3) is 0.100. The third-order valence-electron chi connectivity index (χ3n) is 3.63. The first-order chi connectivity index (χ1) is 10.8. The average Bonchev–Trinajstić information content (AvgIpc) is 2.58. The summed E-state index contributed by atoms with van der Waals surface area (Å²) in [5.41, 5.74) is 4.78. The summed E-state index contributed by atoms with van der Waals surface area (Å²) in [5.74, 6) is -0.194. The maximum absolute atomic E-state index is 12.8. The van der Waals surface area contributed by atoms with Gasteiger partial charge in [-0.2, -0.15) is 0 Å². The van der Waals surface area contributed by atoms with Crippen LogP contribution < -0.4 is 5.32 Å². The number of hydrogen-bond donors (Lipinski definition) is 1. The first-order valence-electron chi connectivity index (χ1n) is 7.41. The number of nitrogens with one attached hydrogen (secondary N) is 1. The zero-order chi connectivity index (χ0) is 15.2. The minimum Gasteiger partial charge on any atom is -0.309 e. The van der Waals surface area contributed by atoms with E-state index < -0.39 is 0 Å². The van der Waals surface area contributed by atoms with Crippen LogP contribution in [0.2, 0.25) is 0 Å². The molecular weight excluding hydrogens is 273 g/mol. The van der Waals surface area contributed by atoms with Gasteiger partial charge in [0.25, 0.3) is 0 Å². The van der Waals surface area contributed by atoms with Crippen LogP contribution in [0, 0.1) is 5.82 Å². The van der Waals surface area contributed by atoms with Gasteiger partial charge in [-0.25, -0.2) is 4.39 Å². The van der Waals surface area contributed by atoms with Gasteiger partial charge in [0.15, 0.2) is 0 Å². The SMILES string of the molecule is Fc1ccc(CNCc2ccc(-c3ccccc3)cc2)cc1. The largest absolute Gasteiger partial charge is 0.309 e. The average molecular weight is 291 g/mol. The van der Waals surface area contributed by atoms with Gasteiger partial charge in [0, 0.05) is 13.1 Å². The highest BCUT2D eigenvalue weighted by Crippen LogP contribution is 2.19. The summed E-state index contributed by atoms with van der Waals surface area (Å²) in [6.07, 6.45) is 0. The molecule has 0 aliphatic carbocycles. The summed E-state index contributed by atoms with van der Waals surface area (Å²) in [5, 5.41) is 3.37. The van der Waals surface area contributed by atoms with Gasteiger partial charge in [0.05, 0.1) is 0 Å². The van der Waals surface area contributed by atoms with Crippen molar-refractivity contribution in [3.05, 3.63) is 95.8 Å². The molecule has 0 atom stereocenters. The predicted octanol–water partition coefficient (Wildman–Crippen LogP) is 4.78. The van der Waals surface area contributed by atoms with Gasteiger partial charge in [0.2, 0.25) is 0 Å². The standard InChI is InChI=1S/C20H18FN/c21-20-12-8-17(9-13-20)15-22-14-16-6-10-19(11-7-16)18-4-2-1-3-5-18/h1-13,22H,14-15H2. The summed E-state index contributed by atoms with van der Waals surface area (Å²) >= 11 is 0. The van der Waals surface area contributed by atoms with Crippen molar-refractivity contribution < 1.29 is 4.39 Å². The minimum atomic E-state index is -0.194. The predicted molar refractivity (Wildman–Crippen MR) is 88.8 cm³/mol. The molecule has 2 heteroatoms. The molecule has 0 aromatic heterocycles. The van der Waals surface area contributed by atoms with Crippen LogP contribution in [-0.2, 0) is 13.1 Å². The summed E-state index contributed by atoms with van der Waals surface area (Å²) < 4.78 is 12.8. The summed E-state index contributed by atoms with van der Waals surface area (Å²) in [7, 11) is 0. The van der Waals surface area contributed by atoms with Crippen LogP contribution in [0.5, 0.6) is 0 Å². The van der Waals surface area contributed by atoms with E-state index >= 15 is 0 Å². The van der Waals surface area contributed by atoms with E-state index in [1.807, 2.05) is 18.2 Å². The second kappa shape index (κ2) is 7.01. The smallest absolute Gasteiger partial charge is 0.123 e. The molecule has 1 N–H and O–H groups in total. The number of halogens is 1. The Balaban J connectivity index is 1.56. The molecule has 22 heavy (non-hydrogen) atoms. The van der Waals surface area contributed by atoms with Gasteiger partial charge in [-0.05, 0) is 34.4 Å². The Hall–Kier alpha value is -2.45. The van der Waals surface area contributed by atoms with E-state index in [2.05, 4.69) is 41.7 Å². The van der Waals surface area contributed by atoms with Crippen molar-refractivity contribution in [1.82, 2.24) is 5.32 Å². The molecule has 0 spiro atoms. The molecule has 0 unspecified atom stereocenters. The number of benzene rings is 3. The quantitative estimate of drug-likeness (QED) is 0.713. The fourth-order valence-electron chi connectivity index (χ4n) is 2.40. The van der Waals surface area contributed by atoms with Crippen LogP contribution in [0.4, 0.5) is 4.39 Å². The molecule has 0 amide bonds. The van der Waals surface area contributed by atoms with E-state index in [1.165, 1.54) is 28.8 Å². The Kier molecular flexibility index (Phi) is 4.62. The molecule has 110 valence electrons. The Morgan fingerprint density at radius 2 is 1.09 bits per heavy atom. The first kappa shape index (κ1) is 14.5. The molecule has 3 aromatic rings. The lowest BCUT2D eigenvalue weighted by atomic mass is 10.0. The number of rotatable bonds is 5. The fourth-order valence-corrected chi connectivity index (χ4v) is 2.40. The second-order valence-electron chi connectivity index (χ2n) is 5.29. The van der Waals surface area contributed by atoms with Crippen LogP contribution in [0.25, 0.3) is 11.1 Å². The molecule has 0 saturated heterocycles. The van der Waals surface area contributed by atoms with E-state index in [4.69, 9.17) is 0 Å². The van der Waals surface area contributed by atoms with E-state index in [1.54, 1.807) is 12.1 Å². The van der Waals surface area contributed by atoms with Crippen molar-refractivity contribution >= 4 is 0 Å². The molecular formula is C20H18FN. The van der Waals surface area contributed by atoms with Gasteiger partial charge in [-0.3, -0.25) is 0 Å². The Morgan fingerprint density at radius 3 is 1.68 bits per heavy atom. The topological polar surface area (TPSA) is 12.0 Å². The maximum Gasteiger partial charge on any atom is 0.123 e. The highest BCUT2D eigenvalue weighted by Gasteiger charge is 1.98. The van der Waals surface area contributed by atoms with E-state index in [0.29, 0.717) is 0 Å². The molecule has 0 heterocycles. The Morgan fingerprint density at radius 1 is 0.591 bits per heavy atom. The maximum atomic E-state index is 12.8. The minimum absolute atomic E-state index is 0.194. The first-order valence-corrected chi connectivity index (χ1v) is 7.41. The molecule has 3 rings (SSSR count). The van der Waals surface area contributed by atoms with Crippen molar-refractivity contribution in [1.29, 1.82) is 0 Å². The van der Waals surface area contributed by atoms with Crippen LogP contribution in [0.1, 0.15) is 11.1 Å². The summed E-state index contributed by atoms with van der Waals surface area (Å²) in [4.78, 5) is 0. The van der Waals surface area contributed by atoms with Gasteiger partial charge < -0.3 is 5.32 Å². The van der Waals surface area contributed by atoms with E-state index in [-0.39, 0.29) is 5.82 Å². The van der Waals surface area contributed by atoms with E-state index in [0.717, 1.165) is 18.7 Å². The van der Waals surface area contributed by atoms with Crippen LogP contribution in [0.15, 0.2) is 78.9 Å². The zero-order valence-corrected chi connectivity index (χ0v) is 12.3. The number of hydrogen-bond acceptors (Lipinski definition) is 1. The van der Waals surface area contributed by atoms with Crippen molar-refractivity contribution in [3.8, 4) is 11.1 Å². The monoisotopic (exact) mass is 291 g/mol. The Bertz CT molecular complexity index is 703. The highest BCUT2D eigenvalue weighted by atomic mass is 19.1. The highest BCUT2D eigenvalue weighted by molar-refractivity contribution is 5.63. The van der Waals surface area contributed by atoms with Gasteiger partial charge in [0.1, 0.15) is 5.82 Å². The normalized spacial score (nSPS) is 10.6. The van der Waals surface area contributed by atoms with Crippen LogP contribution in [0.3, 0.4) is 0 Å². The van der Waals surface area contributed by atoms with Crippen molar-refractivity contribution in [2.24, 2.45) is 0 Å². The lowest BCUT2D eigenvalue weighted by Gasteiger charge is -2.07. The van der Waals surface area contributed by atoms with Gasteiger partial charge in [-0.15, -0.1) is 0 Å². The van der Waals surface area contributed by atoms with E-state index in [9.17, 15) is 4.39 Å². The van der Waals surface area contributed by atoms with Gasteiger partial charge in [-0.1, -0.05) is 66.7 Å². The summed E-state index contributed by atoms with van der Waals surface area (Å²) in [6.45, 7) is 1.53. The molecule has 0 aliphatic rings. The van der Waals surface area contributed by atoms with Crippen molar-refractivity contribution in [2.75, 3.05) is 0 Å². The zero-order valence-electron chi connectivity index (χ0n) is 12.3. The Labute approximate surface area is 130 Å². The lowest BCUT2D eigenvalue weighted by Crippen LogP contribution is -2.12. The molecule has 0 saturated carbocycles.